The molecule has 25 heavy (non-hydrogen) atoms. The van der Waals surface area contributed by atoms with Crippen LogP contribution in [0.25, 0.3) is 20.7 Å². The van der Waals surface area contributed by atoms with Gasteiger partial charge in [-0.1, -0.05) is 6.07 Å². The van der Waals surface area contributed by atoms with Gasteiger partial charge in [0.1, 0.15) is 12.1 Å². The van der Waals surface area contributed by atoms with Gasteiger partial charge in [0.25, 0.3) is 0 Å². The van der Waals surface area contributed by atoms with Crippen molar-refractivity contribution < 1.29 is 4.74 Å². The fourth-order valence-corrected chi connectivity index (χ4v) is 3.79. The lowest BCUT2D eigenvalue weighted by molar-refractivity contribution is 0.415. The molecule has 0 aliphatic rings. The zero-order chi connectivity index (χ0) is 17.2. The molecule has 0 spiro atoms. The molecule has 6 heteroatoms. The molecule has 0 amide bonds. The second kappa shape index (κ2) is 6.49. The Bertz CT molecular complexity index is 999. The third-order valence-corrected chi connectivity index (χ3v) is 5.19. The summed E-state index contributed by atoms with van der Waals surface area (Å²) in [6.07, 6.45) is 5.25. The van der Waals surface area contributed by atoms with Gasteiger partial charge in [-0.2, -0.15) is 0 Å². The molecule has 3 aromatic heterocycles. The minimum Gasteiger partial charge on any atom is -0.497 e. The summed E-state index contributed by atoms with van der Waals surface area (Å²) in [4.78, 5) is 16.3. The SMILES string of the molecule is COc1ccc(N(C)c2ncnc3cc(-c4cccnc4)sc23)cc1. The van der Waals surface area contributed by atoms with E-state index < -0.39 is 0 Å². The van der Waals surface area contributed by atoms with Crippen molar-refractivity contribution in [2.24, 2.45) is 0 Å². The van der Waals surface area contributed by atoms with E-state index in [0.29, 0.717) is 0 Å². The van der Waals surface area contributed by atoms with Crippen molar-refractivity contribution in [3.05, 3.63) is 61.2 Å². The molecule has 0 unspecified atom stereocenters. The third kappa shape index (κ3) is 2.92. The molecule has 0 atom stereocenters. The number of methoxy groups -OCH3 is 1. The molecule has 0 aliphatic heterocycles. The van der Waals surface area contributed by atoms with Crippen molar-refractivity contribution in [3.8, 4) is 16.2 Å². The molecule has 0 bridgehead atoms. The molecule has 124 valence electrons. The number of pyridine rings is 1. The molecule has 4 aromatic rings. The topological polar surface area (TPSA) is 51.1 Å². The van der Waals surface area contributed by atoms with Gasteiger partial charge < -0.3 is 9.64 Å². The van der Waals surface area contributed by atoms with Crippen molar-refractivity contribution in [3.63, 3.8) is 0 Å². The summed E-state index contributed by atoms with van der Waals surface area (Å²) in [7, 11) is 3.67. The van der Waals surface area contributed by atoms with Crippen LogP contribution in [0.5, 0.6) is 5.75 Å². The third-order valence-electron chi connectivity index (χ3n) is 4.02. The number of aromatic nitrogens is 3. The Hall–Kier alpha value is -2.99. The van der Waals surface area contributed by atoms with Crippen molar-refractivity contribution in [1.82, 2.24) is 15.0 Å². The number of anilines is 2. The number of rotatable bonds is 4. The van der Waals surface area contributed by atoms with Crippen LogP contribution in [0.3, 0.4) is 0 Å². The summed E-state index contributed by atoms with van der Waals surface area (Å²) in [5, 5.41) is 0. The van der Waals surface area contributed by atoms with Crippen LogP contribution in [-0.4, -0.2) is 29.1 Å². The Morgan fingerprint density at radius 1 is 1.08 bits per heavy atom. The first-order valence-electron chi connectivity index (χ1n) is 7.79. The first kappa shape index (κ1) is 15.5. The molecular weight excluding hydrogens is 332 g/mol. The van der Waals surface area contributed by atoms with Crippen molar-refractivity contribution in [1.29, 1.82) is 0 Å². The van der Waals surface area contributed by atoms with Crippen LogP contribution in [0.15, 0.2) is 61.2 Å². The highest BCUT2D eigenvalue weighted by atomic mass is 32.1. The van der Waals surface area contributed by atoms with E-state index >= 15 is 0 Å². The smallest absolute Gasteiger partial charge is 0.154 e. The van der Waals surface area contributed by atoms with E-state index in [1.807, 2.05) is 43.6 Å². The molecule has 5 nitrogen and oxygen atoms in total. The molecule has 0 aliphatic carbocycles. The lowest BCUT2D eigenvalue weighted by Gasteiger charge is -2.18. The van der Waals surface area contributed by atoms with Gasteiger partial charge in [0.2, 0.25) is 0 Å². The van der Waals surface area contributed by atoms with Crippen molar-refractivity contribution in [2.75, 3.05) is 19.1 Å². The zero-order valence-corrected chi connectivity index (χ0v) is 14.7. The van der Waals surface area contributed by atoms with Gasteiger partial charge in [-0.3, -0.25) is 4.98 Å². The minimum atomic E-state index is 0.833. The maximum absolute atomic E-state index is 5.23. The number of nitrogens with zero attached hydrogens (tertiary/aromatic N) is 4. The highest BCUT2D eigenvalue weighted by molar-refractivity contribution is 7.22. The number of hydrogen-bond acceptors (Lipinski definition) is 6. The molecule has 1 aromatic carbocycles. The second-order valence-corrected chi connectivity index (χ2v) is 6.57. The summed E-state index contributed by atoms with van der Waals surface area (Å²) in [5.74, 6) is 1.72. The number of thiophene rings is 1. The average molecular weight is 348 g/mol. The largest absolute Gasteiger partial charge is 0.497 e. The normalized spacial score (nSPS) is 10.8. The van der Waals surface area contributed by atoms with Crippen LogP contribution in [0.4, 0.5) is 11.5 Å². The molecule has 0 radical (unpaired) electrons. The quantitative estimate of drug-likeness (QED) is 0.542. The Balaban J connectivity index is 1.77. The van der Waals surface area contributed by atoms with Gasteiger partial charge in [-0.05, 0) is 36.4 Å². The van der Waals surface area contributed by atoms with Crippen LogP contribution in [0, 0.1) is 0 Å². The van der Waals surface area contributed by atoms with Gasteiger partial charge in [0, 0.05) is 35.6 Å². The number of hydrogen-bond donors (Lipinski definition) is 0. The fourth-order valence-electron chi connectivity index (χ4n) is 2.66. The van der Waals surface area contributed by atoms with E-state index in [1.54, 1.807) is 31.0 Å². The van der Waals surface area contributed by atoms with Crippen molar-refractivity contribution >= 4 is 33.1 Å². The molecule has 3 heterocycles. The standard InChI is InChI=1S/C19H16N4OS/c1-23(14-5-7-15(24-2)8-6-14)19-18-16(21-12-22-19)10-17(25-18)13-4-3-9-20-11-13/h3-12H,1-2H3. The van der Waals surface area contributed by atoms with E-state index in [2.05, 4.69) is 32.0 Å². The molecule has 0 fully saturated rings. The summed E-state index contributed by atoms with van der Waals surface area (Å²) >= 11 is 1.68. The molecule has 0 N–H and O–H groups in total. The van der Waals surface area contributed by atoms with Crippen LogP contribution in [-0.2, 0) is 0 Å². The van der Waals surface area contributed by atoms with Crippen LogP contribution >= 0.6 is 11.3 Å². The van der Waals surface area contributed by atoms with Crippen molar-refractivity contribution in [2.45, 2.75) is 0 Å². The Labute approximate surface area is 149 Å². The van der Waals surface area contributed by atoms with E-state index in [0.717, 1.165) is 37.9 Å². The highest BCUT2D eigenvalue weighted by Crippen LogP contribution is 2.38. The van der Waals surface area contributed by atoms with E-state index in [-0.39, 0.29) is 0 Å². The Morgan fingerprint density at radius 2 is 1.92 bits per heavy atom. The van der Waals surface area contributed by atoms with Gasteiger partial charge >= 0.3 is 0 Å². The maximum atomic E-state index is 5.23. The van der Waals surface area contributed by atoms with Gasteiger partial charge in [0.15, 0.2) is 5.82 Å². The molecule has 4 rings (SSSR count). The summed E-state index contributed by atoms with van der Waals surface area (Å²) < 4.78 is 6.28. The van der Waals surface area contributed by atoms with E-state index in [9.17, 15) is 0 Å². The van der Waals surface area contributed by atoms with Crippen LogP contribution in [0.1, 0.15) is 0 Å². The monoisotopic (exact) mass is 348 g/mol. The molecular formula is C19H16N4OS. The number of ether oxygens (including phenoxy) is 1. The summed E-state index contributed by atoms with van der Waals surface area (Å²) in [6, 6.07) is 14.0. The lowest BCUT2D eigenvalue weighted by Crippen LogP contribution is -2.11. The highest BCUT2D eigenvalue weighted by Gasteiger charge is 2.14. The summed E-state index contributed by atoms with van der Waals surface area (Å²) in [5.41, 5.74) is 3.06. The molecule has 0 saturated carbocycles. The fraction of sp³-hybridized carbons (Fsp3) is 0.105. The van der Waals surface area contributed by atoms with Gasteiger partial charge in [-0.15, -0.1) is 11.3 Å². The maximum Gasteiger partial charge on any atom is 0.154 e. The van der Waals surface area contributed by atoms with E-state index in [4.69, 9.17) is 4.74 Å². The Kier molecular flexibility index (Phi) is 4.03. The van der Waals surface area contributed by atoms with Crippen LogP contribution < -0.4 is 9.64 Å². The summed E-state index contributed by atoms with van der Waals surface area (Å²) in [6.45, 7) is 0. The Morgan fingerprint density at radius 3 is 2.64 bits per heavy atom. The number of fused-ring (bicyclic) bond motifs is 1. The zero-order valence-electron chi connectivity index (χ0n) is 13.9. The first-order valence-corrected chi connectivity index (χ1v) is 8.60. The second-order valence-electron chi connectivity index (χ2n) is 5.52. The lowest BCUT2D eigenvalue weighted by atomic mass is 10.2. The minimum absolute atomic E-state index is 0.833. The van der Waals surface area contributed by atoms with E-state index in [1.165, 1.54) is 0 Å². The van der Waals surface area contributed by atoms with Gasteiger partial charge in [0.05, 0.1) is 17.3 Å². The van der Waals surface area contributed by atoms with Gasteiger partial charge in [-0.25, -0.2) is 9.97 Å². The predicted octanol–water partition coefficient (Wildman–Crippen LogP) is 4.53. The molecule has 0 saturated heterocycles. The average Bonchev–Trinajstić information content (AvgIpc) is 3.12. The van der Waals surface area contributed by atoms with Crippen LogP contribution in [0.2, 0.25) is 0 Å². The predicted molar refractivity (Wildman–Crippen MR) is 102 cm³/mol. The first-order chi connectivity index (χ1) is 12.3. The number of benzene rings is 1.